The first-order valence-corrected chi connectivity index (χ1v) is 8.04. The van der Waals surface area contributed by atoms with Crippen LogP contribution in [0.3, 0.4) is 0 Å². The maximum absolute atomic E-state index is 10.4. The van der Waals surface area contributed by atoms with E-state index in [0.717, 1.165) is 12.8 Å². The van der Waals surface area contributed by atoms with E-state index in [4.69, 9.17) is 4.74 Å². The second kappa shape index (κ2) is 13.8. The van der Waals surface area contributed by atoms with E-state index in [0.29, 0.717) is 13.0 Å². The molecule has 5 nitrogen and oxygen atoms in total. The Balaban J connectivity index is 0. The van der Waals surface area contributed by atoms with Gasteiger partial charge in [-0.3, -0.25) is 4.18 Å². The van der Waals surface area contributed by atoms with E-state index < -0.39 is 16.5 Å². The summed E-state index contributed by atoms with van der Waals surface area (Å²) in [5.74, 6) is 0. The van der Waals surface area contributed by atoms with E-state index in [9.17, 15) is 13.0 Å². The number of rotatable bonds is 12. The summed E-state index contributed by atoms with van der Waals surface area (Å²) < 4.78 is 40.9. The summed E-state index contributed by atoms with van der Waals surface area (Å²) in [6.45, 7) is 4.68. The van der Waals surface area contributed by atoms with E-state index in [2.05, 4.69) is 11.1 Å². The number of hydrogen-bond donors (Lipinski definition) is 0. The normalized spacial score (nSPS) is 13.0. The van der Waals surface area contributed by atoms with Crippen molar-refractivity contribution in [1.82, 2.24) is 0 Å². The van der Waals surface area contributed by atoms with Crippen molar-refractivity contribution in [3.8, 4) is 0 Å². The van der Waals surface area contributed by atoms with Gasteiger partial charge in [-0.1, -0.05) is 46.0 Å². The maximum Gasteiger partial charge on any atom is 1.00 e. The monoisotopic (exact) mass is 304 g/mol. The molecule has 0 amide bonds. The largest absolute Gasteiger partial charge is 1.00 e. The van der Waals surface area contributed by atoms with Crippen molar-refractivity contribution >= 4 is 10.4 Å². The second-order valence-electron chi connectivity index (χ2n) is 4.38. The van der Waals surface area contributed by atoms with Crippen LogP contribution in [0.15, 0.2) is 0 Å². The maximum atomic E-state index is 10.4. The van der Waals surface area contributed by atoms with Crippen molar-refractivity contribution in [3.05, 3.63) is 0 Å². The van der Waals surface area contributed by atoms with Crippen LogP contribution < -0.4 is 29.6 Å². The van der Waals surface area contributed by atoms with Gasteiger partial charge in [-0.2, -0.15) is 0 Å². The second-order valence-corrected chi connectivity index (χ2v) is 5.39. The van der Waals surface area contributed by atoms with Gasteiger partial charge in [0.1, 0.15) is 0 Å². The molecule has 0 fully saturated rings. The molecule has 0 aromatic carbocycles. The van der Waals surface area contributed by atoms with Gasteiger partial charge < -0.3 is 9.29 Å². The zero-order valence-corrected chi connectivity index (χ0v) is 15.2. The first kappa shape index (κ1) is 22.1. The Morgan fingerprint density at radius 2 is 1.63 bits per heavy atom. The van der Waals surface area contributed by atoms with Crippen LogP contribution in [0, 0.1) is 0 Å². The van der Waals surface area contributed by atoms with Crippen molar-refractivity contribution < 1.29 is 51.4 Å². The number of hydrogen-bond acceptors (Lipinski definition) is 5. The molecule has 7 heteroatoms. The van der Waals surface area contributed by atoms with E-state index in [1.807, 2.05) is 0 Å². The molecule has 0 N–H and O–H groups in total. The summed E-state index contributed by atoms with van der Waals surface area (Å²) in [5, 5.41) is 0. The third-order valence-electron chi connectivity index (χ3n) is 2.66. The van der Waals surface area contributed by atoms with Crippen LogP contribution >= 0.6 is 0 Å². The average Bonchev–Trinajstić information content (AvgIpc) is 2.29. The fraction of sp³-hybridized carbons (Fsp3) is 1.00. The van der Waals surface area contributed by atoms with Gasteiger partial charge in [0.15, 0.2) is 0 Å². The molecule has 0 aliphatic heterocycles. The van der Waals surface area contributed by atoms with E-state index in [-0.39, 0.29) is 36.2 Å². The van der Waals surface area contributed by atoms with Crippen molar-refractivity contribution in [2.24, 2.45) is 0 Å². The van der Waals surface area contributed by atoms with E-state index in [1.165, 1.54) is 25.7 Å². The molecule has 0 bridgehead atoms. The van der Waals surface area contributed by atoms with Gasteiger partial charge in [0.25, 0.3) is 0 Å². The summed E-state index contributed by atoms with van der Waals surface area (Å²) >= 11 is 0. The fourth-order valence-corrected chi connectivity index (χ4v) is 2.10. The smallest absolute Gasteiger partial charge is 0.726 e. The quantitative estimate of drug-likeness (QED) is 0.213. The SMILES string of the molecule is CCCCCCCCOCC(CC)OS(=O)(=O)[O-].[Na+]. The summed E-state index contributed by atoms with van der Waals surface area (Å²) in [5.41, 5.74) is 0. The summed E-state index contributed by atoms with van der Waals surface area (Å²) in [4.78, 5) is 0. The molecule has 0 saturated carbocycles. The molecular formula is C12H25NaO5S. The first-order chi connectivity index (χ1) is 8.49. The van der Waals surface area contributed by atoms with Gasteiger partial charge in [0.05, 0.1) is 12.7 Å². The molecule has 0 aliphatic carbocycles. The zero-order chi connectivity index (χ0) is 13.9. The van der Waals surface area contributed by atoms with Gasteiger partial charge in [-0.15, -0.1) is 0 Å². The number of unbranched alkanes of at least 4 members (excludes halogenated alkanes) is 5. The van der Waals surface area contributed by atoms with E-state index in [1.54, 1.807) is 6.92 Å². The van der Waals surface area contributed by atoms with Crippen molar-refractivity contribution in [3.63, 3.8) is 0 Å². The van der Waals surface area contributed by atoms with E-state index >= 15 is 0 Å². The Morgan fingerprint density at radius 3 is 2.16 bits per heavy atom. The van der Waals surface area contributed by atoms with Gasteiger partial charge in [-0.05, 0) is 12.8 Å². The molecule has 0 radical (unpaired) electrons. The summed E-state index contributed by atoms with van der Waals surface area (Å²) in [6.07, 6.45) is 6.84. The Hall–Kier alpha value is 0.830. The Bertz CT molecular complexity index is 282. The molecule has 0 rings (SSSR count). The predicted molar refractivity (Wildman–Crippen MR) is 69.1 cm³/mol. The summed E-state index contributed by atoms with van der Waals surface area (Å²) in [7, 11) is -4.62. The standard InChI is InChI=1S/C12H26O5S.Na/c1-3-5-6-7-8-9-10-16-11-12(4-2)17-18(13,14)15;/h12H,3-11H2,1-2H3,(H,13,14,15);/q;+1/p-1. The average molecular weight is 304 g/mol. The van der Waals surface area contributed by atoms with Crippen molar-refractivity contribution in [2.45, 2.75) is 64.9 Å². The van der Waals surface area contributed by atoms with Crippen LogP contribution in [-0.4, -0.2) is 32.3 Å². The fourth-order valence-electron chi connectivity index (χ4n) is 1.58. The Kier molecular flexibility index (Phi) is 16.1. The van der Waals surface area contributed by atoms with Gasteiger partial charge >= 0.3 is 29.6 Å². The van der Waals surface area contributed by atoms with Gasteiger partial charge in [0, 0.05) is 6.61 Å². The zero-order valence-electron chi connectivity index (χ0n) is 12.4. The molecule has 0 heterocycles. The first-order valence-electron chi connectivity index (χ1n) is 6.71. The predicted octanol–water partition coefficient (Wildman–Crippen LogP) is -0.377. The number of ether oxygens (including phenoxy) is 1. The minimum atomic E-state index is -4.62. The third kappa shape index (κ3) is 16.8. The third-order valence-corrected chi connectivity index (χ3v) is 3.16. The molecular weight excluding hydrogens is 279 g/mol. The molecule has 1 atom stereocenters. The molecule has 0 spiro atoms. The molecule has 0 aromatic heterocycles. The van der Waals surface area contributed by atoms with Crippen LogP contribution in [-0.2, 0) is 19.3 Å². The molecule has 0 saturated heterocycles. The van der Waals surface area contributed by atoms with Crippen molar-refractivity contribution in [1.29, 1.82) is 0 Å². The van der Waals surface area contributed by atoms with Crippen LogP contribution in [0.25, 0.3) is 0 Å². The molecule has 0 aromatic rings. The van der Waals surface area contributed by atoms with Gasteiger partial charge in [0.2, 0.25) is 10.4 Å². The topological polar surface area (TPSA) is 75.7 Å². The van der Waals surface area contributed by atoms with Gasteiger partial charge in [-0.25, -0.2) is 8.42 Å². The van der Waals surface area contributed by atoms with Crippen molar-refractivity contribution in [2.75, 3.05) is 13.2 Å². The minimum absolute atomic E-state index is 0. The molecule has 1 unspecified atom stereocenters. The molecule has 19 heavy (non-hydrogen) atoms. The van der Waals surface area contributed by atoms with Crippen LogP contribution in [0.2, 0.25) is 0 Å². The van der Waals surface area contributed by atoms with Crippen LogP contribution in [0.5, 0.6) is 0 Å². The summed E-state index contributed by atoms with van der Waals surface area (Å²) in [6, 6.07) is 0. The Morgan fingerprint density at radius 1 is 1.05 bits per heavy atom. The minimum Gasteiger partial charge on any atom is -0.726 e. The molecule has 0 aliphatic rings. The van der Waals surface area contributed by atoms with Crippen LogP contribution in [0.1, 0.15) is 58.8 Å². The molecule has 110 valence electrons. The van der Waals surface area contributed by atoms with Crippen LogP contribution in [0.4, 0.5) is 0 Å². The Labute approximate surface area is 139 Å².